The third kappa shape index (κ3) is 4.16. The molecule has 2 amide bonds. The fraction of sp³-hybridized carbons (Fsp3) is 0.469. The standard InChI is InChI=1S/C32H38N2O6/c1-6-17-33(23-18-20(3)13-14-21(23)4)29(37)27-32-16-15-31(5,40-32)26(30(38)39-7-2)25(32)28(36)34(27)24(19-35)22-11-9-8-10-12-22/h6,8-14,18,24-27,35H,1,7,15-17,19H2,2-5H3/t24-,25+,26-,27?,31+,32?/m1/s1. The Bertz CT molecular complexity index is 1330. The van der Waals surface area contributed by atoms with Crippen LogP contribution in [0.5, 0.6) is 0 Å². The topological polar surface area (TPSA) is 96.4 Å². The summed E-state index contributed by atoms with van der Waals surface area (Å²) < 4.78 is 12.2. The minimum Gasteiger partial charge on any atom is -0.466 e. The molecule has 40 heavy (non-hydrogen) atoms. The number of hydrogen-bond donors (Lipinski definition) is 1. The molecule has 0 radical (unpaired) electrons. The number of esters is 1. The number of benzene rings is 2. The van der Waals surface area contributed by atoms with Crippen molar-refractivity contribution in [3.63, 3.8) is 0 Å². The van der Waals surface area contributed by atoms with E-state index in [4.69, 9.17) is 9.47 Å². The predicted molar refractivity (Wildman–Crippen MR) is 150 cm³/mol. The molecule has 8 heteroatoms. The van der Waals surface area contributed by atoms with Gasteiger partial charge in [-0.3, -0.25) is 14.4 Å². The quantitative estimate of drug-likeness (QED) is 0.379. The van der Waals surface area contributed by atoms with Gasteiger partial charge in [0.1, 0.15) is 17.6 Å². The third-order valence-corrected chi connectivity index (χ3v) is 8.92. The summed E-state index contributed by atoms with van der Waals surface area (Å²) in [6.07, 6.45) is 2.61. The van der Waals surface area contributed by atoms with Gasteiger partial charge in [-0.05, 0) is 63.3 Å². The van der Waals surface area contributed by atoms with Crippen LogP contribution in [0, 0.1) is 25.7 Å². The molecular formula is C32H38N2O6. The molecule has 0 aromatic heterocycles. The summed E-state index contributed by atoms with van der Waals surface area (Å²) in [5, 5.41) is 10.7. The molecule has 2 aromatic carbocycles. The smallest absolute Gasteiger partial charge is 0.312 e. The number of anilines is 1. The van der Waals surface area contributed by atoms with E-state index in [0.717, 1.165) is 16.8 Å². The van der Waals surface area contributed by atoms with E-state index in [2.05, 4.69) is 6.58 Å². The van der Waals surface area contributed by atoms with E-state index in [-0.39, 0.29) is 25.0 Å². The van der Waals surface area contributed by atoms with Crippen LogP contribution >= 0.6 is 0 Å². The molecule has 2 bridgehead atoms. The first-order valence-electron chi connectivity index (χ1n) is 14.0. The Morgan fingerprint density at radius 1 is 1.23 bits per heavy atom. The Kier molecular flexibility index (Phi) is 7.35. The molecule has 8 nitrogen and oxygen atoms in total. The number of aliphatic hydroxyl groups is 1. The normalized spacial score (nSPS) is 29.3. The van der Waals surface area contributed by atoms with Crippen LogP contribution in [-0.2, 0) is 23.9 Å². The molecule has 3 aliphatic heterocycles. The highest BCUT2D eigenvalue weighted by Crippen LogP contribution is 2.64. The van der Waals surface area contributed by atoms with Crippen molar-refractivity contribution in [3.05, 3.63) is 77.9 Å². The number of ether oxygens (including phenoxy) is 2. The molecule has 2 unspecified atom stereocenters. The summed E-state index contributed by atoms with van der Waals surface area (Å²) in [6.45, 7) is 11.4. The van der Waals surface area contributed by atoms with Crippen LogP contribution in [0.1, 0.15) is 49.4 Å². The highest BCUT2D eigenvalue weighted by atomic mass is 16.6. The van der Waals surface area contributed by atoms with E-state index in [1.165, 1.54) is 4.90 Å². The van der Waals surface area contributed by atoms with Gasteiger partial charge in [0.05, 0.1) is 30.8 Å². The van der Waals surface area contributed by atoms with Crippen LogP contribution in [0.15, 0.2) is 61.2 Å². The zero-order valence-corrected chi connectivity index (χ0v) is 23.6. The first kappa shape index (κ1) is 28.1. The zero-order valence-electron chi connectivity index (χ0n) is 23.6. The van der Waals surface area contributed by atoms with E-state index in [1.54, 1.807) is 17.9 Å². The van der Waals surface area contributed by atoms with E-state index in [1.807, 2.05) is 69.3 Å². The number of hydrogen-bond acceptors (Lipinski definition) is 6. The number of nitrogens with zero attached hydrogens (tertiary/aromatic N) is 2. The van der Waals surface area contributed by atoms with Crippen molar-refractivity contribution in [2.45, 2.75) is 63.8 Å². The maximum atomic E-state index is 14.8. The largest absolute Gasteiger partial charge is 0.466 e. The molecule has 212 valence electrons. The van der Waals surface area contributed by atoms with Gasteiger partial charge in [0, 0.05) is 12.2 Å². The number of carbonyl (C=O) groups is 3. The van der Waals surface area contributed by atoms with E-state index < -0.39 is 47.7 Å². The second kappa shape index (κ2) is 10.5. The van der Waals surface area contributed by atoms with Crippen molar-refractivity contribution in [1.29, 1.82) is 0 Å². The molecule has 5 rings (SSSR count). The minimum atomic E-state index is -1.24. The molecule has 3 heterocycles. The Hall–Kier alpha value is -3.49. The molecule has 1 N–H and O–H groups in total. The van der Waals surface area contributed by atoms with Crippen molar-refractivity contribution in [2.24, 2.45) is 11.8 Å². The number of fused-ring (bicyclic) bond motifs is 1. The Morgan fingerprint density at radius 3 is 2.60 bits per heavy atom. The fourth-order valence-electron chi connectivity index (χ4n) is 7.19. The number of amides is 2. The van der Waals surface area contributed by atoms with E-state index in [0.29, 0.717) is 18.4 Å². The molecule has 3 fully saturated rings. The average Bonchev–Trinajstić information content (AvgIpc) is 3.51. The molecular weight excluding hydrogens is 508 g/mol. The van der Waals surface area contributed by atoms with Crippen LogP contribution in [0.3, 0.4) is 0 Å². The molecule has 6 atom stereocenters. The van der Waals surface area contributed by atoms with E-state index >= 15 is 0 Å². The van der Waals surface area contributed by atoms with Crippen LogP contribution in [0.4, 0.5) is 5.69 Å². The summed E-state index contributed by atoms with van der Waals surface area (Å²) in [7, 11) is 0. The van der Waals surface area contributed by atoms with Gasteiger partial charge in [-0.2, -0.15) is 0 Å². The van der Waals surface area contributed by atoms with Crippen LogP contribution in [0.25, 0.3) is 0 Å². The summed E-state index contributed by atoms with van der Waals surface area (Å²) in [5.74, 6) is -2.94. The summed E-state index contributed by atoms with van der Waals surface area (Å²) in [4.78, 5) is 45.8. The summed E-state index contributed by atoms with van der Waals surface area (Å²) >= 11 is 0. The van der Waals surface area contributed by atoms with Crippen molar-refractivity contribution in [1.82, 2.24) is 4.90 Å². The van der Waals surface area contributed by atoms with Gasteiger partial charge in [0.25, 0.3) is 5.91 Å². The van der Waals surface area contributed by atoms with Gasteiger partial charge in [0.2, 0.25) is 5.91 Å². The average molecular weight is 547 g/mol. The summed E-state index contributed by atoms with van der Waals surface area (Å²) in [5.41, 5.74) is 1.14. The van der Waals surface area contributed by atoms with Crippen LogP contribution < -0.4 is 4.90 Å². The number of likely N-dealkylation sites (tertiary alicyclic amines) is 1. The van der Waals surface area contributed by atoms with Gasteiger partial charge in [-0.1, -0.05) is 48.5 Å². The number of rotatable bonds is 9. The minimum absolute atomic E-state index is 0.175. The Balaban J connectivity index is 1.69. The molecule has 1 spiro atoms. The highest BCUT2D eigenvalue weighted by molar-refractivity contribution is 6.05. The van der Waals surface area contributed by atoms with Crippen molar-refractivity contribution in [3.8, 4) is 0 Å². The third-order valence-electron chi connectivity index (χ3n) is 8.92. The van der Waals surface area contributed by atoms with Gasteiger partial charge in [-0.25, -0.2) is 0 Å². The monoisotopic (exact) mass is 546 g/mol. The molecule has 0 saturated carbocycles. The summed E-state index contributed by atoms with van der Waals surface area (Å²) in [6, 6.07) is 13.2. The fourth-order valence-corrected chi connectivity index (χ4v) is 7.19. The Morgan fingerprint density at radius 2 is 1.95 bits per heavy atom. The lowest BCUT2D eigenvalue weighted by Crippen LogP contribution is -2.57. The first-order valence-corrected chi connectivity index (χ1v) is 14.0. The number of carbonyl (C=O) groups excluding carboxylic acids is 3. The van der Waals surface area contributed by atoms with Crippen molar-refractivity contribution >= 4 is 23.5 Å². The maximum Gasteiger partial charge on any atom is 0.312 e. The lowest BCUT2D eigenvalue weighted by Gasteiger charge is -2.40. The van der Waals surface area contributed by atoms with Crippen LogP contribution in [0.2, 0.25) is 0 Å². The number of aliphatic hydroxyl groups excluding tert-OH is 1. The van der Waals surface area contributed by atoms with Crippen molar-refractivity contribution in [2.75, 3.05) is 24.7 Å². The van der Waals surface area contributed by atoms with Gasteiger partial charge in [-0.15, -0.1) is 6.58 Å². The molecule has 0 aliphatic carbocycles. The lowest BCUT2D eigenvalue weighted by atomic mass is 9.66. The highest BCUT2D eigenvalue weighted by Gasteiger charge is 2.79. The second-order valence-corrected chi connectivity index (χ2v) is 11.4. The van der Waals surface area contributed by atoms with Crippen molar-refractivity contribution < 1.29 is 29.0 Å². The molecule has 3 aliphatic rings. The number of aryl methyl sites for hydroxylation is 2. The Labute approximate surface area is 235 Å². The SMILES string of the molecule is C=CCN(C(=O)C1N([C@H](CO)c2ccccc2)C(=O)[C@@H]2[C@H](C(=O)OCC)[C@]3(C)CCC12O3)c1cc(C)ccc1C. The lowest BCUT2D eigenvalue weighted by molar-refractivity contribution is -0.160. The predicted octanol–water partition coefficient (Wildman–Crippen LogP) is 3.88. The second-order valence-electron chi connectivity index (χ2n) is 11.4. The van der Waals surface area contributed by atoms with Gasteiger partial charge in [0.15, 0.2) is 0 Å². The van der Waals surface area contributed by atoms with E-state index in [9.17, 15) is 19.5 Å². The molecule has 2 aromatic rings. The zero-order chi connectivity index (χ0) is 28.8. The maximum absolute atomic E-state index is 14.8. The molecule has 3 saturated heterocycles. The van der Waals surface area contributed by atoms with Gasteiger partial charge >= 0.3 is 5.97 Å². The van der Waals surface area contributed by atoms with Gasteiger partial charge < -0.3 is 24.4 Å². The first-order chi connectivity index (χ1) is 19.1. The van der Waals surface area contributed by atoms with Crippen LogP contribution in [-0.4, -0.2) is 64.8 Å².